The van der Waals surface area contributed by atoms with E-state index in [-0.39, 0.29) is 18.1 Å². The lowest BCUT2D eigenvalue weighted by Crippen LogP contribution is -2.20. The summed E-state index contributed by atoms with van der Waals surface area (Å²) in [7, 11) is 0. The van der Waals surface area contributed by atoms with Crippen LogP contribution in [0.1, 0.15) is 10.5 Å². The van der Waals surface area contributed by atoms with Gasteiger partial charge in [-0.2, -0.15) is 4.80 Å². The molecule has 0 saturated carbocycles. The van der Waals surface area contributed by atoms with Crippen LogP contribution < -0.4 is 11.1 Å². The average molecular weight is 324 g/mol. The molecule has 0 spiro atoms. The number of anilines is 1. The number of hydrogen-bond donors (Lipinski definition) is 2. The van der Waals surface area contributed by atoms with Gasteiger partial charge in [-0.3, -0.25) is 14.6 Å². The molecule has 10 nitrogen and oxygen atoms in total. The maximum Gasteiger partial charge on any atom is 0.275 e. The van der Waals surface area contributed by atoms with Crippen LogP contribution in [0.5, 0.6) is 0 Å². The first-order valence-electron chi connectivity index (χ1n) is 6.86. The minimum Gasteiger partial charge on any atom is -0.368 e. The van der Waals surface area contributed by atoms with Crippen molar-refractivity contribution >= 4 is 17.5 Å². The van der Waals surface area contributed by atoms with Crippen molar-refractivity contribution in [3.63, 3.8) is 0 Å². The monoisotopic (exact) mass is 324 g/mol. The number of nitrogens with two attached hydrogens (primary N) is 1. The number of aromatic nitrogens is 6. The molecule has 0 bridgehead atoms. The molecule has 120 valence electrons. The maximum absolute atomic E-state index is 12.2. The first-order chi connectivity index (χ1) is 11.6. The molecule has 3 aromatic rings. The Bertz CT molecular complexity index is 877. The molecule has 24 heavy (non-hydrogen) atoms. The molecule has 1 aromatic carbocycles. The number of para-hydroxylation sites is 1. The number of amides is 2. The molecule has 10 heteroatoms. The van der Waals surface area contributed by atoms with Crippen LogP contribution in [0, 0.1) is 0 Å². The fraction of sp³-hybridized carbons (Fsp3) is 0.0714. The second kappa shape index (κ2) is 6.60. The van der Waals surface area contributed by atoms with E-state index in [9.17, 15) is 9.59 Å². The summed E-state index contributed by atoms with van der Waals surface area (Å²) in [6, 6.07) is 6.93. The van der Waals surface area contributed by atoms with E-state index in [0.717, 1.165) is 4.80 Å². The fourth-order valence-corrected chi connectivity index (χ4v) is 1.95. The molecule has 3 rings (SSSR count). The zero-order valence-corrected chi connectivity index (χ0v) is 12.3. The van der Waals surface area contributed by atoms with Crippen LogP contribution in [0.2, 0.25) is 0 Å². The standard InChI is InChI=1S/C14H12N8O2/c15-12(23)8-22-20-13(19-21-22)9-3-1-2-4-10(9)18-14(24)11-7-16-5-6-17-11/h1-7H,8H2,(H2,15,23)(H,18,24). The van der Waals surface area contributed by atoms with E-state index < -0.39 is 11.8 Å². The number of benzene rings is 1. The summed E-state index contributed by atoms with van der Waals surface area (Å²) in [6.07, 6.45) is 4.27. The van der Waals surface area contributed by atoms with E-state index in [1.807, 2.05) is 0 Å². The fourth-order valence-electron chi connectivity index (χ4n) is 1.95. The maximum atomic E-state index is 12.2. The van der Waals surface area contributed by atoms with Crippen LogP contribution in [-0.4, -0.2) is 42.0 Å². The molecule has 0 aliphatic carbocycles. The summed E-state index contributed by atoms with van der Waals surface area (Å²) in [6.45, 7) is -0.179. The zero-order valence-electron chi connectivity index (χ0n) is 12.3. The molecular formula is C14H12N8O2. The van der Waals surface area contributed by atoms with Gasteiger partial charge in [-0.1, -0.05) is 12.1 Å². The number of rotatable bonds is 5. The summed E-state index contributed by atoms with van der Waals surface area (Å²) in [5.41, 5.74) is 6.30. The minimum absolute atomic E-state index is 0.178. The zero-order chi connectivity index (χ0) is 16.9. The number of tetrazole rings is 1. The molecule has 0 saturated heterocycles. The van der Waals surface area contributed by atoms with Crippen molar-refractivity contribution in [2.45, 2.75) is 6.54 Å². The molecule has 0 radical (unpaired) electrons. The number of primary amides is 1. The second-order valence-electron chi connectivity index (χ2n) is 4.70. The molecular weight excluding hydrogens is 312 g/mol. The first-order valence-corrected chi connectivity index (χ1v) is 6.86. The third-order valence-corrected chi connectivity index (χ3v) is 2.96. The third kappa shape index (κ3) is 3.38. The number of hydrogen-bond acceptors (Lipinski definition) is 7. The van der Waals surface area contributed by atoms with Crippen molar-refractivity contribution in [3.05, 3.63) is 48.5 Å². The summed E-state index contributed by atoms with van der Waals surface area (Å²) >= 11 is 0. The normalized spacial score (nSPS) is 10.3. The van der Waals surface area contributed by atoms with Crippen LogP contribution in [0.3, 0.4) is 0 Å². The summed E-state index contributed by atoms with van der Waals surface area (Å²) in [5, 5.41) is 14.4. The van der Waals surface area contributed by atoms with E-state index >= 15 is 0 Å². The van der Waals surface area contributed by atoms with E-state index in [2.05, 4.69) is 30.7 Å². The van der Waals surface area contributed by atoms with Gasteiger partial charge >= 0.3 is 0 Å². The Morgan fingerprint density at radius 3 is 2.79 bits per heavy atom. The Morgan fingerprint density at radius 2 is 2.04 bits per heavy atom. The van der Waals surface area contributed by atoms with Gasteiger partial charge in [0.05, 0.1) is 11.9 Å². The van der Waals surface area contributed by atoms with Crippen LogP contribution in [0.15, 0.2) is 42.9 Å². The van der Waals surface area contributed by atoms with Gasteiger partial charge in [0.25, 0.3) is 5.91 Å². The van der Waals surface area contributed by atoms with Crippen LogP contribution in [-0.2, 0) is 11.3 Å². The van der Waals surface area contributed by atoms with Crippen LogP contribution >= 0.6 is 0 Å². The van der Waals surface area contributed by atoms with Gasteiger partial charge < -0.3 is 11.1 Å². The molecule has 0 aliphatic rings. The number of carbonyl (C=O) groups is 2. The number of nitrogens with one attached hydrogen (secondary N) is 1. The predicted octanol–water partition coefficient (Wildman–Crippen LogP) is -0.132. The molecule has 3 N–H and O–H groups in total. The van der Waals surface area contributed by atoms with Gasteiger partial charge in [0.1, 0.15) is 12.2 Å². The molecule has 2 heterocycles. The van der Waals surface area contributed by atoms with Crippen molar-refractivity contribution in [2.75, 3.05) is 5.32 Å². The van der Waals surface area contributed by atoms with Crippen molar-refractivity contribution in [2.24, 2.45) is 5.73 Å². The third-order valence-electron chi connectivity index (χ3n) is 2.96. The highest BCUT2D eigenvalue weighted by Gasteiger charge is 2.15. The van der Waals surface area contributed by atoms with E-state index in [1.54, 1.807) is 24.3 Å². The Labute approximate surface area is 135 Å². The highest BCUT2D eigenvalue weighted by atomic mass is 16.2. The number of carbonyl (C=O) groups excluding carboxylic acids is 2. The highest BCUT2D eigenvalue weighted by molar-refractivity contribution is 6.04. The number of nitrogens with zero attached hydrogens (tertiary/aromatic N) is 6. The lowest BCUT2D eigenvalue weighted by Gasteiger charge is -2.07. The molecule has 2 aromatic heterocycles. The largest absolute Gasteiger partial charge is 0.368 e. The van der Waals surface area contributed by atoms with E-state index in [4.69, 9.17) is 5.73 Å². The van der Waals surface area contributed by atoms with Gasteiger partial charge in [-0.25, -0.2) is 4.98 Å². The SMILES string of the molecule is NC(=O)Cn1nnc(-c2ccccc2NC(=O)c2cnccn2)n1. The van der Waals surface area contributed by atoms with Crippen molar-refractivity contribution in [3.8, 4) is 11.4 Å². The van der Waals surface area contributed by atoms with E-state index in [0.29, 0.717) is 11.3 Å². The average Bonchev–Trinajstić information content (AvgIpc) is 3.03. The minimum atomic E-state index is -0.580. The Kier molecular flexibility index (Phi) is 4.19. The molecule has 0 fully saturated rings. The summed E-state index contributed by atoms with van der Waals surface area (Å²) in [4.78, 5) is 32.0. The predicted molar refractivity (Wildman–Crippen MR) is 82.4 cm³/mol. The van der Waals surface area contributed by atoms with Crippen LogP contribution in [0.25, 0.3) is 11.4 Å². The summed E-state index contributed by atoms with van der Waals surface area (Å²) < 4.78 is 0. The van der Waals surface area contributed by atoms with Gasteiger partial charge in [0.2, 0.25) is 11.7 Å². The molecule has 0 unspecified atom stereocenters. The first kappa shape index (κ1) is 15.2. The van der Waals surface area contributed by atoms with Crippen molar-refractivity contribution < 1.29 is 9.59 Å². The quantitative estimate of drug-likeness (QED) is 0.665. The second-order valence-corrected chi connectivity index (χ2v) is 4.70. The van der Waals surface area contributed by atoms with Crippen molar-refractivity contribution in [1.29, 1.82) is 0 Å². The van der Waals surface area contributed by atoms with Gasteiger partial charge in [-0.15, -0.1) is 10.2 Å². The highest BCUT2D eigenvalue weighted by Crippen LogP contribution is 2.24. The molecule has 0 atom stereocenters. The van der Waals surface area contributed by atoms with E-state index in [1.165, 1.54) is 18.6 Å². The lowest BCUT2D eigenvalue weighted by atomic mass is 10.1. The topological polar surface area (TPSA) is 142 Å². The lowest BCUT2D eigenvalue weighted by molar-refractivity contribution is -0.118. The van der Waals surface area contributed by atoms with Crippen LogP contribution in [0.4, 0.5) is 5.69 Å². The van der Waals surface area contributed by atoms with Crippen molar-refractivity contribution in [1.82, 2.24) is 30.2 Å². The van der Waals surface area contributed by atoms with Gasteiger partial charge in [0.15, 0.2) is 0 Å². The summed E-state index contributed by atoms with van der Waals surface area (Å²) in [5.74, 6) is -0.741. The molecule has 2 amide bonds. The van der Waals surface area contributed by atoms with Gasteiger partial charge in [0, 0.05) is 18.0 Å². The van der Waals surface area contributed by atoms with Gasteiger partial charge in [-0.05, 0) is 17.3 Å². The Morgan fingerprint density at radius 1 is 1.21 bits per heavy atom. The Hall–Kier alpha value is -3.69. The Balaban J connectivity index is 1.87. The molecule has 0 aliphatic heterocycles. The smallest absolute Gasteiger partial charge is 0.275 e.